The Kier molecular flexibility index (Phi) is 2.46. The number of aldehydes is 1. The summed E-state index contributed by atoms with van der Waals surface area (Å²) in [6, 6.07) is 7.37. The molecule has 3 aromatic heterocycles. The summed E-state index contributed by atoms with van der Waals surface area (Å²) in [6.45, 7) is 0. The van der Waals surface area contributed by atoms with E-state index in [9.17, 15) is 4.79 Å². The van der Waals surface area contributed by atoms with Crippen LogP contribution in [0.15, 0.2) is 36.7 Å². The van der Waals surface area contributed by atoms with Gasteiger partial charge in [-0.2, -0.15) is 0 Å². The molecule has 0 bridgehead atoms. The number of imidazole rings is 1. The molecule has 84 valence electrons. The fourth-order valence-electron chi connectivity index (χ4n) is 1.76. The van der Waals surface area contributed by atoms with Gasteiger partial charge in [0.2, 0.25) is 0 Å². The van der Waals surface area contributed by atoms with E-state index in [0.717, 1.165) is 26.8 Å². The molecule has 0 N–H and O–H groups in total. The van der Waals surface area contributed by atoms with Crippen LogP contribution in [0.1, 0.15) is 10.4 Å². The summed E-state index contributed by atoms with van der Waals surface area (Å²) in [7, 11) is 0. The van der Waals surface area contributed by atoms with Gasteiger partial charge in [-0.1, -0.05) is 11.6 Å². The molecular formula is C12H7ClN2OS. The summed E-state index contributed by atoms with van der Waals surface area (Å²) in [5, 5.41) is 0. The lowest BCUT2D eigenvalue weighted by Gasteiger charge is -1.99. The number of pyridine rings is 1. The summed E-state index contributed by atoms with van der Waals surface area (Å²) in [5.41, 5.74) is 1.44. The largest absolute Gasteiger partial charge is 0.298 e. The van der Waals surface area contributed by atoms with E-state index in [0.29, 0.717) is 5.56 Å². The van der Waals surface area contributed by atoms with Crippen LogP contribution in [0.4, 0.5) is 0 Å². The lowest BCUT2D eigenvalue weighted by atomic mass is 10.2. The van der Waals surface area contributed by atoms with Crippen LogP contribution in [0.25, 0.3) is 16.2 Å². The van der Waals surface area contributed by atoms with Crippen LogP contribution in [-0.2, 0) is 0 Å². The molecule has 0 atom stereocenters. The van der Waals surface area contributed by atoms with Gasteiger partial charge in [0.1, 0.15) is 0 Å². The Labute approximate surface area is 106 Å². The Bertz CT molecular complexity index is 701. The molecule has 3 aromatic rings. The Morgan fingerprint density at radius 3 is 2.94 bits per heavy atom. The Balaban J connectivity index is 2.28. The fraction of sp³-hybridized carbons (Fsp3) is 0. The third-order valence-corrected chi connectivity index (χ3v) is 3.75. The summed E-state index contributed by atoms with van der Waals surface area (Å²) in [5.74, 6) is 0.806. The van der Waals surface area contributed by atoms with E-state index in [1.807, 2.05) is 28.8 Å². The van der Waals surface area contributed by atoms with Crippen LogP contribution >= 0.6 is 22.9 Å². The predicted octanol–water partition coefficient (Wildman–Crippen LogP) is 3.53. The van der Waals surface area contributed by atoms with E-state index in [2.05, 4.69) is 4.98 Å². The topological polar surface area (TPSA) is 34.4 Å². The number of thiophene rings is 1. The molecule has 3 nitrogen and oxygen atoms in total. The number of hydrogen-bond donors (Lipinski definition) is 0. The smallest absolute Gasteiger partial charge is 0.154 e. The molecule has 0 saturated heterocycles. The molecule has 0 saturated carbocycles. The lowest BCUT2D eigenvalue weighted by molar-refractivity contribution is 0.112. The number of fused-ring (bicyclic) bond motifs is 1. The van der Waals surface area contributed by atoms with E-state index < -0.39 is 0 Å². The minimum atomic E-state index is 0.633. The molecule has 0 aliphatic rings. The molecule has 0 aliphatic carbocycles. The molecule has 5 heteroatoms. The number of hydrogen-bond acceptors (Lipinski definition) is 3. The van der Waals surface area contributed by atoms with Crippen LogP contribution in [0.5, 0.6) is 0 Å². The minimum absolute atomic E-state index is 0.633. The van der Waals surface area contributed by atoms with E-state index in [-0.39, 0.29) is 0 Å². The molecule has 0 aliphatic heterocycles. The molecule has 0 spiro atoms. The van der Waals surface area contributed by atoms with Gasteiger partial charge in [0.15, 0.2) is 12.1 Å². The zero-order chi connectivity index (χ0) is 11.8. The first-order valence-electron chi connectivity index (χ1n) is 4.96. The van der Waals surface area contributed by atoms with Crippen molar-refractivity contribution in [3.8, 4) is 10.7 Å². The SMILES string of the molecule is O=Cc1cccn2c(-c3ccc(Cl)s3)ncc12. The second-order valence-electron chi connectivity index (χ2n) is 3.52. The molecular weight excluding hydrogens is 256 g/mol. The molecule has 3 heterocycles. The summed E-state index contributed by atoms with van der Waals surface area (Å²) in [4.78, 5) is 16.2. The molecule has 0 unspecified atom stereocenters. The van der Waals surface area contributed by atoms with Crippen molar-refractivity contribution in [2.24, 2.45) is 0 Å². The van der Waals surface area contributed by atoms with Gasteiger partial charge in [-0.15, -0.1) is 11.3 Å². The first kappa shape index (κ1) is 10.5. The van der Waals surface area contributed by atoms with Crippen molar-refractivity contribution >= 4 is 34.7 Å². The van der Waals surface area contributed by atoms with Gasteiger partial charge in [-0.05, 0) is 24.3 Å². The van der Waals surface area contributed by atoms with Crippen LogP contribution in [0, 0.1) is 0 Å². The number of carbonyl (C=O) groups excluding carboxylic acids is 1. The second-order valence-corrected chi connectivity index (χ2v) is 5.24. The van der Waals surface area contributed by atoms with Gasteiger partial charge in [0, 0.05) is 11.8 Å². The second kappa shape index (κ2) is 3.98. The van der Waals surface area contributed by atoms with Crippen LogP contribution in [0.3, 0.4) is 0 Å². The van der Waals surface area contributed by atoms with Crippen molar-refractivity contribution in [2.75, 3.05) is 0 Å². The maximum atomic E-state index is 10.9. The third kappa shape index (κ3) is 1.66. The van der Waals surface area contributed by atoms with Crippen molar-refractivity contribution in [1.82, 2.24) is 9.38 Å². The van der Waals surface area contributed by atoms with Gasteiger partial charge in [0.25, 0.3) is 0 Å². The number of halogens is 1. The summed E-state index contributed by atoms with van der Waals surface area (Å²) >= 11 is 7.38. The molecule has 0 fully saturated rings. The summed E-state index contributed by atoms with van der Waals surface area (Å²) < 4.78 is 2.62. The minimum Gasteiger partial charge on any atom is -0.298 e. The Morgan fingerprint density at radius 1 is 1.35 bits per heavy atom. The highest BCUT2D eigenvalue weighted by Crippen LogP contribution is 2.30. The monoisotopic (exact) mass is 262 g/mol. The van der Waals surface area contributed by atoms with E-state index in [4.69, 9.17) is 11.6 Å². The van der Waals surface area contributed by atoms with Crippen LogP contribution in [-0.4, -0.2) is 15.7 Å². The number of aromatic nitrogens is 2. The highest BCUT2D eigenvalue weighted by molar-refractivity contribution is 7.19. The van der Waals surface area contributed by atoms with Gasteiger partial charge >= 0.3 is 0 Å². The third-order valence-electron chi connectivity index (χ3n) is 2.52. The first-order valence-corrected chi connectivity index (χ1v) is 6.16. The molecule has 0 radical (unpaired) electrons. The Hall–Kier alpha value is -1.65. The number of carbonyl (C=O) groups is 1. The predicted molar refractivity (Wildman–Crippen MR) is 68.9 cm³/mol. The van der Waals surface area contributed by atoms with Crippen LogP contribution in [0.2, 0.25) is 4.34 Å². The number of nitrogens with zero attached hydrogens (tertiary/aromatic N) is 2. The van der Waals surface area contributed by atoms with E-state index in [1.165, 1.54) is 11.3 Å². The van der Waals surface area contributed by atoms with E-state index in [1.54, 1.807) is 12.3 Å². The normalized spacial score (nSPS) is 10.9. The molecule has 17 heavy (non-hydrogen) atoms. The van der Waals surface area contributed by atoms with Gasteiger partial charge in [-0.3, -0.25) is 9.20 Å². The zero-order valence-corrected chi connectivity index (χ0v) is 10.2. The maximum Gasteiger partial charge on any atom is 0.154 e. The zero-order valence-electron chi connectivity index (χ0n) is 8.63. The quantitative estimate of drug-likeness (QED) is 0.662. The molecule has 0 aromatic carbocycles. The lowest BCUT2D eigenvalue weighted by Crippen LogP contribution is -1.90. The standard InChI is InChI=1S/C12H7ClN2OS/c13-11-4-3-10(17-11)12-14-6-9-8(7-16)2-1-5-15(9)12/h1-7H. The van der Waals surface area contributed by atoms with Crippen molar-refractivity contribution in [1.29, 1.82) is 0 Å². The molecule has 0 amide bonds. The fourth-order valence-corrected chi connectivity index (χ4v) is 2.80. The Morgan fingerprint density at radius 2 is 2.24 bits per heavy atom. The maximum absolute atomic E-state index is 10.9. The average Bonchev–Trinajstić information content (AvgIpc) is 2.94. The van der Waals surface area contributed by atoms with Gasteiger partial charge < -0.3 is 0 Å². The number of rotatable bonds is 2. The van der Waals surface area contributed by atoms with Gasteiger partial charge in [-0.25, -0.2) is 4.98 Å². The van der Waals surface area contributed by atoms with Crippen molar-refractivity contribution < 1.29 is 4.79 Å². The van der Waals surface area contributed by atoms with Crippen LogP contribution < -0.4 is 0 Å². The van der Waals surface area contributed by atoms with Crippen molar-refractivity contribution in [3.05, 3.63) is 46.6 Å². The molecule has 3 rings (SSSR count). The average molecular weight is 263 g/mol. The van der Waals surface area contributed by atoms with E-state index >= 15 is 0 Å². The van der Waals surface area contributed by atoms with Crippen molar-refractivity contribution in [3.63, 3.8) is 0 Å². The van der Waals surface area contributed by atoms with Crippen molar-refractivity contribution in [2.45, 2.75) is 0 Å². The highest BCUT2D eigenvalue weighted by atomic mass is 35.5. The van der Waals surface area contributed by atoms with Gasteiger partial charge in [0.05, 0.1) is 20.9 Å². The highest BCUT2D eigenvalue weighted by Gasteiger charge is 2.10. The summed E-state index contributed by atoms with van der Waals surface area (Å²) in [6.07, 6.45) is 4.42. The first-order chi connectivity index (χ1) is 8.29.